The molecule has 1 aliphatic heterocycles. The Morgan fingerprint density at radius 2 is 1.90 bits per heavy atom. The number of carbonyl (C=O) groups excluding carboxylic acids is 1. The van der Waals surface area contributed by atoms with Crippen molar-refractivity contribution in [2.75, 3.05) is 20.2 Å². The van der Waals surface area contributed by atoms with Crippen molar-refractivity contribution in [3.8, 4) is 5.75 Å². The molecule has 1 saturated heterocycles. The quantitative estimate of drug-likeness (QED) is 0.753. The van der Waals surface area contributed by atoms with E-state index in [0.29, 0.717) is 23.1 Å². The number of methoxy groups -OCH3 is 1. The maximum absolute atomic E-state index is 11.7. The summed E-state index contributed by atoms with van der Waals surface area (Å²) in [6.07, 6.45) is 0.762. The van der Waals surface area contributed by atoms with Crippen molar-refractivity contribution in [2.24, 2.45) is 11.8 Å². The van der Waals surface area contributed by atoms with Crippen molar-refractivity contribution in [1.29, 1.82) is 0 Å². The molecule has 2 aromatic carbocycles. The summed E-state index contributed by atoms with van der Waals surface area (Å²) in [5.74, 6) is 1.16. The number of benzene rings is 2. The lowest BCUT2D eigenvalue weighted by molar-refractivity contribution is -0.0231. The van der Waals surface area contributed by atoms with Crippen molar-refractivity contribution in [3.05, 3.63) is 64.7 Å². The van der Waals surface area contributed by atoms with Crippen LogP contribution in [-0.2, 0) is 11.3 Å². The summed E-state index contributed by atoms with van der Waals surface area (Å²) in [5, 5.41) is 11.4. The molecule has 5 nitrogen and oxygen atoms in total. The van der Waals surface area contributed by atoms with Crippen LogP contribution >= 0.6 is 11.6 Å². The second kappa shape index (κ2) is 8.74. The van der Waals surface area contributed by atoms with E-state index in [1.165, 1.54) is 12.7 Å². The van der Waals surface area contributed by atoms with Crippen molar-refractivity contribution in [2.45, 2.75) is 31.6 Å². The lowest BCUT2D eigenvalue weighted by Gasteiger charge is -2.35. The van der Waals surface area contributed by atoms with Gasteiger partial charge >= 0.3 is 5.97 Å². The van der Waals surface area contributed by atoms with Gasteiger partial charge in [-0.3, -0.25) is 4.90 Å². The van der Waals surface area contributed by atoms with Crippen molar-refractivity contribution in [1.82, 2.24) is 4.90 Å². The van der Waals surface area contributed by atoms with Crippen LogP contribution in [-0.4, -0.2) is 48.4 Å². The van der Waals surface area contributed by atoms with Crippen LogP contribution in [0.25, 0.3) is 0 Å². The van der Waals surface area contributed by atoms with Crippen LogP contribution in [0, 0.1) is 11.8 Å². The minimum absolute atomic E-state index is 0.268. The summed E-state index contributed by atoms with van der Waals surface area (Å²) in [6, 6.07) is 14.9. The summed E-state index contributed by atoms with van der Waals surface area (Å²) < 4.78 is 10.9. The van der Waals surface area contributed by atoms with Gasteiger partial charge in [-0.05, 0) is 60.6 Å². The highest BCUT2D eigenvalue weighted by atomic mass is 35.5. The number of hydrogen-bond acceptors (Lipinski definition) is 5. The van der Waals surface area contributed by atoms with E-state index in [1.54, 1.807) is 18.2 Å². The molecule has 29 heavy (non-hydrogen) atoms. The first-order valence-electron chi connectivity index (χ1n) is 10.0. The minimum Gasteiger partial charge on any atom is -0.488 e. The fourth-order valence-corrected chi connectivity index (χ4v) is 4.84. The highest BCUT2D eigenvalue weighted by Gasteiger charge is 2.42. The second-order valence-corrected chi connectivity index (χ2v) is 8.50. The first-order chi connectivity index (χ1) is 14.0. The van der Waals surface area contributed by atoms with Crippen LogP contribution < -0.4 is 4.74 Å². The molecule has 0 aromatic heterocycles. The van der Waals surface area contributed by atoms with E-state index in [-0.39, 0.29) is 6.10 Å². The van der Waals surface area contributed by atoms with Gasteiger partial charge in [0.15, 0.2) is 0 Å². The average molecular weight is 416 g/mol. The van der Waals surface area contributed by atoms with E-state index in [0.717, 1.165) is 37.5 Å². The van der Waals surface area contributed by atoms with Crippen LogP contribution in [0.4, 0.5) is 0 Å². The molecule has 1 heterocycles. The number of likely N-dealkylation sites (tertiary alicyclic amines) is 1. The summed E-state index contributed by atoms with van der Waals surface area (Å²) in [6.45, 7) is 2.85. The van der Waals surface area contributed by atoms with Crippen molar-refractivity contribution in [3.63, 3.8) is 0 Å². The predicted octanol–water partition coefficient (Wildman–Crippen LogP) is 3.78. The smallest absolute Gasteiger partial charge is 0.337 e. The molecule has 2 aromatic rings. The highest BCUT2D eigenvalue weighted by Crippen LogP contribution is 2.38. The summed E-state index contributed by atoms with van der Waals surface area (Å²) in [4.78, 5) is 14.2. The molecule has 2 aliphatic rings. The molecule has 154 valence electrons. The summed E-state index contributed by atoms with van der Waals surface area (Å²) in [7, 11) is 1.36. The van der Waals surface area contributed by atoms with E-state index in [1.807, 2.05) is 24.3 Å². The van der Waals surface area contributed by atoms with E-state index in [9.17, 15) is 9.90 Å². The third-order valence-corrected chi connectivity index (χ3v) is 6.23. The van der Waals surface area contributed by atoms with Gasteiger partial charge in [-0.2, -0.15) is 0 Å². The molecule has 2 fully saturated rings. The van der Waals surface area contributed by atoms with E-state index >= 15 is 0 Å². The number of ether oxygens (including phenoxy) is 2. The van der Waals surface area contributed by atoms with Crippen LogP contribution in [0.5, 0.6) is 5.75 Å². The molecule has 0 radical (unpaired) electrons. The van der Waals surface area contributed by atoms with Crippen LogP contribution in [0.3, 0.4) is 0 Å². The SMILES string of the molecule is COC(=O)c1cccc(O[C@@H]2C[C@@H]3CN(Cc4cccc(Cl)c4)C[C@@H]3C[C@H]2O)c1. The fourth-order valence-electron chi connectivity index (χ4n) is 4.63. The lowest BCUT2D eigenvalue weighted by atomic mass is 9.78. The van der Waals surface area contributed by atoms with Gasteiger partial charge in [0.2, 0.25) is 0 Å². The topological polar surface area (TPSA) is 59.0 Å². The molecule has 4 atom stereocenters. The second-order valence-electron chi connectivity index (χ2n) is 8.06. The number of rotatable bonds is 5. The van der Waals surface area contributed by atoms with Crippen molar-refractivity contribution >= 4 is 17.6 Å². The lowest BCUT2D eigenvalue weighted by Crippen LogP contribution is -2.42. The number of hydrogen-bond donors (Lipinski definition) is 1. The molecule has 0 spiro atoms. The largest absolute Gasteiger partial charge is 0.488 e. The Kier molecular flexibility index (Phi) is 6.09. The van der Waals surface area contributed by atoms with Gasteiger partial charge in [0.05, 0.1) is 18.8 Å². The zero-order valence-corrected chi connectivity index (χ0v) is 17.2. The molecule has 1 aliphatic carbocycles. The monoisotopic (exact) mass is 415 g/mol. The number of aliphatic hydroxyl groups is 1. The van der Waals surface area contributed by atoms with Gasteiger partial charge in [0.1, 0.15) is 11.9 Å². The van der Waals surface area contributed by atoms with E-state index in [4.69, 9.17) is 21.1 Å². The van der Waals surface area contributed by atoms with E-state index in [2.05, 4.69) is 11.0 Å². The molecular weight excluding hydrogens is 390 g/mol. The first-order valence-corrected chi connectivity index (χ1v) is 10.4. The molecule has 0 unspecified atom stereocenters. The number of esters is 1. The predicted molar refractivity (Wildman–Crippen MR) is 111 cm³/mol. The zero-order chi connectivity index (χ0) is 20.4. The normalized spacial score (nSPS) is 26.7. The number of nitrogens with zero attached hydrogens (tertiary/aromatic N) is 1. The Bertz CT molecular complexity index is 873. The Hall–Kier alpha value is -2.08. The van der Waals surface area contributed by atoms with Gasteiger partial charge in [0.25, 0.3) is 0 Å². The Labute approximate surface area is 176 Å². The molecule has 4 rings (SSSR count). The third-order valence-electron chi connectivity index (χ3n) is 6.00. The third kappa shape index (κ3) is 4.74. The van der Waals surface area contributed by atoms with Crippen LogP contribution in [0.1, 0.15) is 28.8 Å². The fraction of sp³-hybridized carbons (Fsp3) is 0.435. The molecule has 6 heteroatoms. The molecular formula is C23H26ClNO4. The minimum atomic E-state index is -0.510. The Morgan fingerprint density at radius 1 is 1.14 bits per heavy atom. The first kappa shape index (κ1) is 20.2. The molecule has 0 amide bonds. The standard InChI is InChI=1S/C23H26ClNO4/c1-28-23(27)16-5-3-7-20(9-16)29-22-11-18-14-25(13-17(18)10-21(22)26)12-15-4-2-6-19(24)8-15/h2-9,17-18,21-22,26H,10-14H2,1H3/t17-,18+,21+,22+/m0/s1. The average Bonchev–Trinajstić information content (AvgIpc) is 3.08. The highest BCUT2D eigenvalue weighted by molar-refractivity contribution is 6.30. The summed E-state index contributed by atoms with van der Waals surface area (Å²) in [5.41, 5.74) is 1.66. The molecule has 1 N–H and O–H groups in total. The number of carbonyl (C=O) groups is 1. The van der Waals surface area contributed by atoms with Crippen LogP contribution in [0.2, 0.25) is 5.02 Å². The van der Waals surface area contributed by atoms with Gasteiger partial charge in [-0.15, -0.1) is 0 Å². The Balaban J connectivity index is 1.38. The number of fused-ring (bicyclic) bond motifs is 1. The van der Waals surface area contributed by atoms with Crippen LogP contribution in [0.15, 0.2) is 48.5 Å². The van der Waals surface area contributed by atoms with Gasteiger partial charge in [-0.1, -0.05) is 29.8 Å². The van der Waals surface area contributed by atoms with Crippen molar-refractivity contribution < 1.29 is 19.4 Å². The van der Waals surface area contributed by atoms with E-state index < -0.39 is 12.1 Å². The zero-order valence-electron chi connectivity index (χ0n) is 16.5. The van der Waals surface area contributed by atoms with Gasteiger partial charge in [-0.25, -0.2) is 4.79 Å². The Morgan fingerprint density at radius 3 is 2.66 bits per heavy atom. The maximum atomic E-state index is 11.7. The molecule has 0 bridgehead atoms. The van der Waals surface area contributed by atoms with Gasteiger partial charge < -0.3 is 14.6 Å². The molecule has 1 saturated carbocycles. The maximum Gasteiger partial charge on any atom is 0.337 e. The number of halogens is 1. The number of aliphatic hydroxyl groups excluding tert-OH is 1. The van der Waals surface area contributed by atoms with Gasteiger partial charge in [0, 0.05) is 24.7 Å². The summed E-state index contributed by atoms with van der Waals surface area (Å²) >= 11 is 6.11.